The number of fused-ring (bicyclic) bond motifs is 2. The summed E-state index contributed by atoms with van der Waals surface area (Å²) < 4.78 is 0. The van der Waals surface area contributed by atoms with E-state index in [0.717, 1.165) is 31.0 Å². The average molecular weight is 388 g/mol. The second kappa shape index (κ2) is 9.57. The number of hydrogen-bond donors (Lipinski definition) is 2. The van der Waals surface area contributed by atoms with Crippen molar-refractivity contribution in [2.75, 3.05) is 6.54 Å². The zero-order valence-corrected chi connectivity index (χ0v) is 16.8. The van der Waals surface area contributed by atoms with E-state index in [1.807, 2.05) is 12.1 Å². The Morgan fingerprint density at radius 1 is 1.30 bits per heavy atom. The van der Waals surface area contributed by atoms with E-state index in [1.54, 1.807) is 0 Å². The van der Waals surface area contributed by atoms with Gasteiger partial charge in [-0.2, -0.15) is 0 Å². The number of carbonyl (C=O) groups is 1. The molecule has 4 rings (SSSR count). The number of carboxylic acids is 1. The van der Waals surface area contributed by atoms with Crippen LogP contribution in [0.25, 0.3) is 0 Å². The lowest BCUT2D eigenvalue weighted by Crippen LogP contribution is -2.41. The van der Waals surface area contributed by atoms with Gasteiger partial charge in [0.1, 0.15) is 0 Å². The van der Waals surface area contributed by atoms with Gasteiger partial charge < -0.3 is 10.4 Å². The maximum Gasteiger partial charge on any atom is 0.303 e. The van der Waals surface area contributed by atoms with Gasteiger partial charge in [-0.1, -0.05) is 42.0 Å². The Balaban J connectivity index is 1.55. The maximum absolute atomic E-state index is 10.6. The minimum Gasteiger partial charge on any atom is -0.481 e. The molecule has 0 unspecified atom stereocenters. The summed E-state index contributed by atoms with van der Waals surface area (Å²) in [6, 6.07) is 6.09. The Bertz CT molecular complexity index is 712. The molecule has 0 spiro atoms. The first-order chi connectivity index (χ1) is 13.0. The highest BCUT2D eigenvalue weighted by atomic mass is 35.5. The monoisotopic (exact) mass is 387 g/mol. The summed E-state index contributed by atoms with van der Waals surface area (Å²) >= 11 is 6.05. The molecule has 1 saturated carbocycles. The molecule has 0 saturated heterocycles. The van der Waals surface area contributed by atoms with E-state index in [4.69, 9.17) is 16.7 Å². The Morgan fingerprint density at radius 3 is 2.78 bits per heavy atom. The summed E-state index contributed by atoms with van der Waals surface area (Å²) in [5.41, 5.74) is 2.53. The fourth-order valence-electron chi connectivity index (χ4n) is 4.57. The minimum atomic E-state index is -0.706. The molecule has 0 radical (unpaired) electrons. The Kier molecular flexibility index (Phi) is 7.14. The van der Waals surface area contributed by atoms with Gasteiger partial charge in [-0.25, -0.2) is 0 Å². The van der Waals surface area contributed by atoms with Crippen LogP contribution in [0.15, 0.2) is 42.5 Å². The molecule has 0 amide bonds. The van der Waals surface area contributed by atoms with Gasteiger partial charge in [-0.05, 0) is 86.1 Å². The van der Waals surface area contributed by atoms with Gasteiger partial charge in [0.25, 0.3) is 0 Å². The third-order valence-electron chi connectivity index (χ3n) is 6.10. The lowest BCUT2D eigenvalue weighted by atomic mass is 9.62. The summed E-state index contributed by atoms with van der Waals surface area (Å²) in [5, 5.41) is 13.2. The minimum absolute atomic E-state index is 0.256. The molecule has 0 aliphatic heterocycles. The average Bonchev–Trinajstić information content (AvgIpc) is 2.64. The van der Waals surface area contributed by atoms with Gasteiger partial charge in [0.2, 0.25) is 0 Å². The normalized spacial score (nSPS) is 26.7. The standard InChI is InChI=1S/C23H30ClNO2/c1-16-13-20(24)12-11-19(16)14-25-15-22-18-9-7-17(8-10-18)21(22)5-3-2-4-6-23(26)27/h3,5,7,9,11-13,17-18,21-22,25H,2,4,6,8,10,14-15H2,1H3,(H,26,27)/b5-3-/t17-,18+,21+,22+/m1/s1. The number of halogens is 1. The predicted molar refractivity (Wildman–Crippen MR) is 111 cm³/mol. The van der Waals surface area contributed by atoms with E-state index >= 15 is 0 Å². The number of carboxylic acid groups (broad SMARTS) is 1. The molecule has 1 aromatic rings. The molecule has 2 bridgehead atoms. The van der Waals surface area contributed by atoms with Crippen LogP contribution in [0.2, 0.25) is 5.02 Å². The van der Waals surface area contributed by atoms with Crippen molar-refractivity contribution in [3.8, 4) is 0 Å². The second-order valence-electron chi connectivity index (χ2n) is 7.95. The van der Waals surface area contributed by atoms with Gasteiger partial charge in [0.15, 0.2) is 0 Å². The van der Waals surface area contributed by atoms with E-state index in [2.05, 4.69) is 42.6 Å². The van der Waals surface area contributed by atoms with Crippen molar-refractivity contribution in [2.45, 2.75) is 45.6 Å². The van der Waals surface area contributed by atoms with E-state index < -0.39 is 5.97 Å². The van der Waals surface area contributed by atoms with Crippen LogP contribution in [0.3, 0.4) is 0 Å². The van der Waals surface area contributed by atoms with E-state index in [-0.39, 0.29) is 6.42 Å². The SMILES string of the molecule is Cc1cc(Cl)ccc1CNC[C@@H]1[C@@H](/C=C\CCCC(=O)O)[C@@H]2C=C[C@H]1CC2. The molecule has 4 heteroatoms. The molecular weight excluding hydrogens is 358 g/mol. The first kappa shape index (κ1) is 20.2. The zero-order valence-electron chi connectivity index (χ0n) is 16.0. The first-order valence-corrected chi connectivity index (χ1v) is 10.4. The van der Waals surface area contributed by atoms with E-state index in [1.165, 1.54) is 24.0 Å². The molecule has 27 heavy (non-hydrogen) atoms. The highest BCUT2D eigenvalue weighted by molar-refractivity contribution is 6.30. The second-order valence-corrected chi connectivity index (χ2v) is 8.38. The van der Waals surface area contributed by atoms with Crippen LogP contribution >= 0.6 is 11.6 Å². The summed E-state index contributed by atoms with van der Waals surface area (Å²) in [5.74, 6) is 1.77. The number of hydrogen-bond acceptors (Lipinski definition) is 2. The Labute approximate surface area is 167 Å². The molecule has 146 valence electrons. The molecule has 1 aromatic carbocycles. The van der Waals surface area contributed by atoms with E-state index in [0.29, 0.717) is 23.7 Å². The van der Waals surface area contributed by atoms with Crippen molar-refractivity contribution in [2.24, 2.45) is 23.7 Å². The number of rotatable bonds is 9. The summed E-state index contributed by atoms with van der Waals surface area (Å²) in [6.45, 7) is 3.99. The van der Waals surface area contributed by atoms with Crippen LogP contribution in [-0.2, 0) is 11.3 Å². The van der Waals surface area contributed by atoms with Crippen LogP contribution in [0.1, 0.15) is 43.2 Å². The van der Waals surface area contributed by atoms with Crippen LogP contribution in [0, 0.1) is 30.6 Å². The number of allylic oxidation sites excluding steroid dienone is 4. The molecular formula is C23H30ClNO2. The molecule has 4 atom stereocenters. The first-order valence-electron chi connectivity index (χ1n) is 10.1. The maximum atomic E-state index is 10.6. The lowest BCUT2D eigenvalue weighted by molar-refractivity contribution is -0.137. The molecule has 0 heterocycles. The van der Waals surface area contributed by atoms with Crippen molar-refractivity contribution >= 4 is 17.6 Å². The molecule has 3 nitrogen and oxygen atoms in total. The van der Waals surface area contributed by atoms with E-state index in [9.17, 15) is 4.79 Å². The molecule has 3 aliphatic rings. The summed E-state index contributed by atoms with van der Waals surface area (Å²) in [7, 11) is 0. The topological polar surface area (TPSA) is 49.3 Å². The highest BCUT2D eigenvalue weighted by Crippen LogP contribution is 2.45. The molecule has 2 N–H and O–H groups in total. The van der Waals surface area contributed by atoms with Crippen LogP contribution in [-0.4, -0.2) is 17.6 Å². The number of nitrogens with one attached hydrogen (secondary N) is 1. The van der Waals surface area contributed by atoms with Gasteiger partial charge in [-0.15, -0.1) is 0 Å². The van der Waals surface area contributed by atoms with Crippen LogP contribution in [0.4, 0.5) is 0 Å². The smallest absolute Gasteiger partial charge is 0.303 e. The van der Waals surface area contributed by atoms with Crippen LogP contribution in [0.5, 0.6) is 0 Å². The largest absolute Gasteiger partial charge is 0.481 e. The van der Waals surface area contributed by atoms with Crippen molar-refractivity contribution < 1.29 is 9.90 Å². The highest BCUT2D eigenvalue weighted by Gasteiger charge is 2.38. The predicted octanol–water partition coefficient (Wildman–Crippen LogP) is 5.38. The molecule has 1 fully saturated rings. The molecule has 0 aromatic heterocycles. The van der Waals surface area contributed by atoms with Gasteiger partial charge in [0.05, 0.1) is 0 Å². The molecule has 3 aliphatic carbocycles. The van der Waals surface area contributed by atoms with Crippen molar-refractivity contribution in [1.29, 1.82) is 0 Å². The van der Waals surface area contributed by atoms with Crippen molar-refractivity contribution in [3.05, 3.63) is 58.7 Å². The number of benzene rings is 1. The fourth-order valence-corrected chi connectivity index (χ4v) is 4.80. The quantitative estimate of drug-likeness (QED) is 0.442. The lowest BCUT2D eigenvalue weighted by Gasteiger charge is -2.44. The third-order valence-corrected chi connectivity index (χ3v) is 6.33. The Morgan fingerprint density at radius 2 is 2.07 bits per heavy atom. The fraction of sp³-hybridized carbons (Fsp3) is 0.522. The summed E-state index contributed by atoms with van der Waals surface area (Å²) in [4.78, 5) is 10.6. The number of unbranched alkanes of at least 4 members (excludes halogenated alkanes) is 1. The van der Waals surface area contributed by atoms with Crippen LogP contribution < -0.4 is 5.32 Å². The number of aliphatic carboxylic acids is 1. The zero-order chi connectivity index (χ0) is 19.2. The van der Waals surface area contributed by atoms with Gasteiger partial charge in [-0.3, -0.25) is 4.79 Å². The summed E-state index contributed by atoms with van der Waals surface area (Å²) in [6.07, 6.45) is 13.8. The van der Waals surface area contributed by atoms with Crippen molar-refractivity contribution in [1.82, 2.24) is 5.32 Å². The van der Waals surface area contributed by atoms with Gasteiger partial charge in [0, 0.05) is 18.0 Å². The number of aryl methyl sites for hydroxylation is 1. The third kappa shape index (κ3) is 5.46. The van der Waals surface area contributed by atoms with Crippen molar-refractivity contribution in [3.63, 3.8) is 0 Å². The Hall–Kier alpha value is -1.58. The van der Waals surface area contributed by atoms with Gasteiger partial charge >= 0.3 is 5.97 Å².